The van der Waals surface area contributed by atoms with E-state index in [-0.39, 0.29) is 22.8 Å². The first kappa shape index (κ1) is 22.0. The molecule has 0 bridgehead atoms. The number of aromatic nitrogens is 1. The number of benzene rings is 1. The second-order valence-electron chi connectivity index (χ2n) is 7.67. The fraction of sp³-hybridized carbons (Fsp3) is 0.381. The van der Waals surface area contributed by atoms with E-state index in [0.717, 1.165) is 5.69 Å². The highest BCUT2D eigenvalue weighted by Gasteiger charge is 2.31. The second kappa shape index (κ2) is 8.75. The fourth-order valence-electron chi connectivity index (χ4n) is 3.84. The van der Waals surface area contributed by atoms with Crippen molar-refractivity contribution in [1.29, 1.82) is 0 Å². The number of pyridine rings is 1. The van der Waals surface area contributed by atoms with Crippen molar-refractivity contribution in [1.82, 2.24) is 14.6 Å². The Kier molecular flexibility index (Phi) is 6.02. The Hall–Kier alpha value is -3.18. The molecule has 0 aliphatic carbocycles. The van der Waals surface area contributed by atoms with E-state index >= 15 is 0 Å². The van der Waals surface area contributed by atoms with Gasteiger partial charge in [-0.3, -0.25) is 9.59 Å². The Balaban J connectivity index is 1.45. The van der Waals surface area contributed by atoms with Crippen molar-refractivity contribution in [3.8, 4) is 0 Å². The molecule has 1 fully saturated rings. The van der Waals surface area contributed by atoms with Gasteiger partial charge in [0.05, 0.1) is 28.2 Å². The molecular formula is C21H26N6O4S. The summed E-state index contributed by atoms with van der Waals surface area (Å²) in [7, 11) is -2.15. The molecule has 2 aliphatic rings. The monoisotopic (exact) mass is 458 g/mol. The highest BCUT2D eigenvalue weighted by molar-refractivity contribution is 7.89. The number of hydrogen-bond donors (Lipinski definition) is 3. The highest BCUT2D eigenvalue weighted by Crippen LogP contribution is 2.31. The minimum absolute atomic E-state index is 0.151. The van der Waals surface area contributed by atoms with Gasteiger partial charge in [0.25, 0.3) is 5.91 Å². The molecule has 11 heteroatoms. The molecule has 1 saturated heterocycles. The van der Waals surface area contributed by atoms with Crippen molar-refractivity contribution >= 4 is 38.9 Å². The summed E-state index contributed by atoms with van der Waals surface area (Å²) in [6.45, 7) is 3.55. The highest BCUT2D eigenvalue weighted by atomic mass is 32.2. The van der Waals surface area contributed by atoms with E-state index in [9.17, 15) is 18.0 Å². The molecule has 1 aromatic heterocycles. The number of nitrogens with one attached hydrogen (secondary N) is 3. The van der Waals surface area contributed by atoms with Gasteiger partial charge in [0.2, 0.25) is 15.9 Å². The van der Waals surface area contributed by atoms with Crippen LogP contribution in [0.3, 0.4) is 0 Å². The third-order valence-electron chi connectivity index (χ3n) is 5.75. The predicted octanol–water partition coefficient (Wildman–Crippen LogP) is 1.09. The van der Waals surface area contributed by atoms with Crippen molar-refractivity contribution in [3.63, 3.8) is 0 Å². The first-order valence-corrected chi connectivity index (χ1v) is 11.9. The Bertz CT molecular complexity index is 1130. The van der Waals surface area contributed by atoms with Crippen LogP contribution in [0.4, 0.5) is 17.1 Å². The number of piperazine rings is 1. The number of fused-ring (bicyclic) bond motifs is 1. The molecule has 0 saturated carbocycles. The van der Waals surface area contributed by atoms with Gasteiger partial charge in [-0.1, -0.05) is 6.92 Å². The summed E-state index contributed by atoms with van der Waals surface area (Å²) in [5.41, 5.74) is 2.36. The summed E-state index contributed by atoms with van der Waals surface area (Å²) in [6.07, 6.45) is 2.26. The molecule has 4 rings (SSSR count). The summed E-state index contributed by atoms with van der Waals surface area (Å²) < 4.78 is 27.8. The number of amides is 2. The predicted molar refractivity (Wildman–Crippen MR) is 121 cm³/mol. The van der Waals surface area contributed by atoms with Crippen LogP contribution in [-0.4, -0.2) is 68.8 Å². The van der Waals surface area contributed by atoms with Crippen molar-refractivity contribution in [2.45, 2.75) is 24.3 Å². The molecule has 0 radical (unpaired) electrons. The van der Waals surface area contributed by atoms with Gasteiger partial charge < -0.3 is 20.9 Å². The number of hydrogen-bond acceptors (Lipinski definition) is 7. The molecule has 1 aromatic carbocycles. The van der Waals surface area contributed by atoms with Crippen LogP contribution in [0.2, 0.25) is 0 Å². The molecule has 3 N–H and O–H groups in total. The molecule has 2 aromatic rings. The fourth-order valence-corrected chi connectivity index (χ4v) is 5.29. The summed E-state index contributed by atoms with van der Waals surface area (Å²) in [5, 5.41) is 8.46. The zero-order chi connectivity index (χ0) is 22.9. The van der Waals surface area contributed by atoms with Gasteiger partial charge in [-0.05, 0) is 36.8 Å². The van der Waals surface area contributed by atoms with E-state index in [4.69, 9.17) is 0 Å². The van der Waals surface area contributed by atoms with Crippen LogP contribution in [0.15, 0.2) is 41.4 Å². The van der Waals surface area contributed by atoms with Crippen LogP contribution >= 0.6 is 0 Å². The van der Waals surface area contributed by atoms with E-state index in [2.05, 4.69) is 20.9 Å². The Morgan fingerprint density at radius 2 is 1.91 bits per heavy atom. The van der Waals surface area contributed by atoms with Crippen LogP contribution in [0.25, 0.3) is 0 Å². The Morgan fingerprint density at radius 3 is 2.53 bits per heavy atom. The van der Waals surface area contributed by atoms with Crippen molar-refractivity contribution < 1.29 is 18.0 Å². The summed E-state index contributed by atoms with van der Waals surface area (Å²) >= 11 is 0. The van der Waals surface area contributed by atoms with Crippen LogP contribution in [0.1, 0.15) is 23.8 Å². The first-order chi connectivity index (χ1) is 15.3. The van der Waals surface area contributed by atoms with E-state index in [1.165, 1.54) is 10.4 Å². The quantitative estimate of drug-likeness (QED) is 0.613. The number of carbonyl (C=O) groups is 2. The smallest absolute Gasteiger partial charge is 0.269 e. The van der Waals surface area contributed by atoms with Crippen LogP contribution in [0, 0.1) is 0 Å². The average molecular weight is 459 g/mol. The lowest BCUT2D eigenvalue weighted by atomic mass is 10.1. The lowest BCUT2D eigenvalue weighted by Crippen LogP contribution is -2.48. The zero-order valence-corrected chi connectivity index (χ0v) is 18.8. The minimum atomic E-state index is -3.70. The number of nitrogens with zero attached hydrogens (tertiary/aromatic N) is 3. The van der Waals surface area contributed by atoms with Gasteiger partial charge in [-0.25, -0.2) is 13.4 Å². The Labute approximate surface area is 187 Å². The molecule has 0 spiro atoms. The molecule has 3 heterocycles. The van der Waals surface area contributed by atoms with Crippen LogP contribution in [0.5, 0.6) is 0 Å². The molecule has 2 amide bonds. The van der Waals surface area contributed by atoms with E-state index in [1.807, 2.05) is 17.9 Å². The number of sulfonamides is 1. The molecule has 1 atom stereocenters. The van der Waals surface area contributed by atoms with E-state index < -0.39 is 10.0 Å². The normalized spacial score (nSPS) is 19.0. The number of carbonyl (C=O) groups excluding carboxylic acids is 2. The maximum absolute atomic E-state index is 13.2. The van der Waals surface area contributed by atoms with Crippen LogP contribution < -0.4 is 20.9 Å². The summed E-state index contributed by atoms with van der Waals surface area (Å²) in [4.78, 5) is 30.1. The second-order valence-corrected chi connectivity index (χ2v) is 9.61. The number of rotatable bonds is 5. The van der Waals surface area contributed by atoms with E-state index in [0.29, 0.717) is 49.7 Å². The average Bonchev–Trinajstić information content (AvgIpc) is 2.82. The SMILES string of the molecule is CCC1Nc2ccc(S(=O)(=O)N3CCN(c4ccc(C(=O)NC)nc4)CC3)cc2NC1=O. The van der Waals surface area contributed by atoms with Gasteiger partial charge in [0, 0.05) is 33.2 Å². The zero-order valence-electron chi connectivity index (χ0n) is 18.0. The third-order valence-corrected chi connectivity index (χ3v) is 7.65. The maximum atomic E-state index is 13.2. The van der Waals surface area contributed by atoms with Crippen molar-refractivity contribution in [3.05, 3.63) is 42.2 Å². The molecular weight excluding hydrogens is 432 g/mol. The molecule has 1 unspecified atom stereocenters. The van der Waals surface area contributed by atoms with Crippen LogP contribution in [-0.2, 0) is 14.8 Å². The molecule has 32 heavy (non-hydrogen) atoms. The maximum Gasteiger partial charge on any atom is 0.269 e. The molecule has 170 valence electrons. The number of anilines is 3. The minimum Gasteiger partial charge on any atom is -0.372 e. The molecule has 10 nitrogen and oxygen atoms in total. The summed E-state index contributed by atoms with van der Waals surface area (Å²) in [6, 6.07) is 7.91. The topological polar surface area (TPSA) is 124 Å². The van der Waals surface area contributed by atoms with Crippen molar-refractivity contribution in [2.24, 2.45) is 0 Å². The largest absolute Gasteiger partial charge is 0.372 e. The third kappa shape index (κ3) is 4.13. The van der Waals surface area contributed by atoms with E-state index in [1.54, 1.807) is 31.4 Å². The van der Waals surface area contributed by atoms with Gasteiger partial charge in [0.15, 0.2) is 0 Å². The van der Waals surface area contributed by atoms with Gasteiger partial charge >= 0.3 is 0 Å². The lowest BCUT2D eigenvalue weighted by molar-refractivity contribution is -0.117. The van der Waals surface area contributed by atoms with Gasteiger partial charge in [0.1, 0.15) is 11.7 Å². The summed E-state index contributed by atoms with van der Waals surface area (Å²) in [5.74, 6) is -0.423. The molecule has 2 aliphatic heterocycles. The standard InChI is InChI=1S/C21H26N6O4S/c1-3-16-21(29)25-19-12-15(5-7-17(19)24-16)32(30,31)27-10-8-26(9-11-27)14-4-6-18(23-13-14)20(28)22-2/h4-7,12-13,16,24H,3,8-11H2,1-2H3,(H,22,28)(H,25,29). The Morgan fingerprint density at radius 1 is 1.16 bits per heavy atom. The van der Waals surface area contributed by atoms with Gasteiger partial charge in [-0.2, -0.15) is 4.31 Å². The first-order valence-electron chi connectivity index (χ1n) is 10.5. The van der Waals surface area contributed by atoms with Gasteiger partial charge in [-0.15, -0.1) is 0 Å². The lowest BCUT2D eigenvalue weighted by Gasteiger charge is -2.35. The van der Waals surface area contributed by atoms with Crippen molar-refractivity contribution in [2.75, 3.05) is 48.8 Å².